The number of unbranched alkanes of at least 4 members (excludes halogenated alkanes) is 4. The number of nitrogens with one attached hydrogen (secondary N) is 1. The third-order valence-corrected chi connectivity index (χ3v) is 2.61. The fourth-order valence-electron chi connectivity index (χ4n) is 1.58. The van der Waals surface area contributed by atoms with Gasteiger partial charge in [0.2, 0.25) is 0 Å². The molecule has 0 aromatic heterocycles. The largest absolute Gasteiger partial charge is 0.370 e. The summed E-state index contributed by atoms with van der Waals surface area (Å²) in [5, 5.41) is 3.13. The van der Waals surface area contributed by atoms with Gasteiger partial charge in [0.05, 0.1) is 6.54 Å². The monoisotopic (exact) mass is 254 g/mol. The van der Waals surface area contributed by atoms with Crippen LogP contribution in [0.2, 0.25) is 0 Å². The molecule has 0 bridgehead atoms. The van der Waals surface area contributed by atoms with Crippen LogP contribution in [0.1, 0.15) is 39.0 Å². The molecule has 0 rings (SSSR count). The molecule has 0 atom stereocenters. The van der Waals surface area contributed by atoms with Crippen LogP contribution in [0.25, 0.3) is 0 Å². The molecule has 0 saturated heterocycles. The smallest absolute Gasteiger partial charge is 0.188 e. The van der Waals surface area contributed by atoms with E-state index < -0.39 is 0 Å². The number of guanidine groups is 1. The Morgan fingerprint density at radius 3 is 2.39 bits per heavy atom. The average Bonchev–Trinajstić information content (AvgIpc) is 2.29. The normalized spacial score (nSPS) is 11.9. The van der Waals surface area contributed by atoms with E-state index in [9.17, 15) is 0 Å². The molecule has 3 N–H and O–H groups in total. The van der Waals surface area contributed by atoms with Crippen LogP contribution in [0, 0.1) is 0 Å². The van der Waals surface area contributed by atoms with Crippen molar-refractivity contribution in [1.82, 2.24) is 10.2 Å². The van der Waals surface area contributed by atoms with Gasteiger partial charge in [-0.05, 0) is 40.4 Å². The van der Waals surface area contributed by atoms with E-state index in [2.05, 4.69) is 35.9 Å². The third kappa shape index (κ3) is 13.0. The highest BCUT2D eigenvalue weighted by molar-refractivity contribution is 5.77. The minimum atomic E-state index is 0.533. The number of rotatable bonds is 10. The van der Waals surface area contributed by atoms with Gasteiger partial charge >= 0.3 is 0 Å². The van der Waals surface area contributed by atoms with Crippen LogP contribution in [-0.2, 0) is 0 Å². The maximum Gasteiger partial charge on any atom is 0.188 e. The fourth-order valence-corrected chi connectivity index (χ4v) is 1.58. The Morgan fingerprint density at radius 2 is 1.78 bits per heavy atom. The Hall–Kier alpha value is -1.03. The maximum absolute atomic E-state index is 5.71. The van der Waals surface area contributed by atoms with Crippen LogP contribution < -0.4 is 11.1 Å². The third-order valence-electron chi connectivity index (χ3n) is 2.61. The van der Waals surface area contributed by atoms with Crippen LogP contribution >= 0.6 is 0 Å². The van der Waals surface area contributed by atoms with Gasteiger partial charge < -0.3 is 16.0 Å². The van der Waals surface area contributed by atoms with Crippen LogP contribution in [0.4, 0.5) is 0 Å². The molecule has 4 nitrogen and oxygen atoms in total. The zero-order valence-corrected chi connectivity index (χ0v) is 12.3. The second-order valence-corrected chi connectivity index (χ2v) is 5.16. The molecule has 4 heteroatoms. The lowest BCUT2D eigenvalue weighted by molar-refractivity contribution is 0.389. The van der Waals surface area contributed by atoms with E-state index in [4.69, 9.17) is 5.73 Å². The summed E-state index contributed by atoms with van der Waals surface area (Å²) < 4.78 is 0. The first-order valence-corrected chi connectivity index (χ1v) is 6.85. The van der Waals surface area contributed by atoms with E-state index in [1.54, 1.807) is 0 Å². The van der Waals surface area contributed by atoms with Gasteiger partial charge in [-0.25, -0.2) is 4.99 Å². The van der Waals surface area contributed by atoms with Gasteiger partial charge in [-0.15, -0.1) is 0 Å². The Bertz CT molecular complexity index is 246. The number of aliphatic imine (C=N–C) groups is 1. The SMILES string of the molecule is C=C(C)CN=C(N)NCCCCCCCN(C)C. The van der Waals surface area contributed by atoms with Crippen molar-refractivity contribution >= 4 is 5.96 Å². The Kier molecular flexibility index (Phi) is 10.4. The van der Waals surface area contributed by atoms with Crippen molar-refractivity contribution in [3.05, 3.63) is 12.2 Å². The highest BCUT2D eigenvalue weighted by Gasteiger charge is 1.94. The van der Waals surface area contributed by atoms with Gasteiger partial charge in [0.15, 0.2) is 5.96 Å². The van der Waals surface area contributed by atoms with Crippen LogP contribution in [-0.4, -0.2) is 44.6 Å². The lowest BCUT2D eigenvalue weighted by atomic mass is 10.1. The van der Waals surface area contributed by atoms with Crippen LogP contribution in [0.3, 0.4) is 0 Å². The van der Waals surface area contributed by atoms with E-state index in [0.717, 1.165) is 18.5 Å². The standard InChI is InChI=1S/C14H30N4/c1-13(2)12-17-14(15)16-10-8-6-5-7-9-11-18(3)4/h1,5-12H2,2-4H3,(H3,15,16,17). The quantitative estimate of drug-likeness (QED) is 0.271. The molecule has 0 heterocycles. The van der Waals surface area contributed by atoms with Crippen molar-refractivity contribution in [2.45, 2.75) is 39.0 Å². The van der Waals surface area contributed by atoms with Crippen LogP contribution in [0.5, 0.6) is 0 Å². The van der Waals surface area contributed by atoms with Gasteiger partial charge in [0.25, 0.3) is 0 Å². The van der Waals surface area contributed by atoms with E-state index in [-0.39, 0.29) is 0 Å². The summed E-state index contributed by atoms with van der Waals surface area (Å²) in [5.74, 6) is 0.533. The summed E-state index contributed by atoms with van der Waals surface area (Å²) in [4.78, 5) is 6.40. The zero-order chi connectivity index (χ0) is 13.8. The number of nitrogens with two attached hydrogens (primary N) is 1. The molecule has 0 spiro atoms. The van der Waals surface area contributed by atoms with E-state index in [1.165, 1.54) is 32.2 Å². The molecule has 0 aliphatic heterocycles. The molecule has 0 aliphatic carbocycles. The molecule has 0 aromatic carbocycles. The second kappa shape index (κ2) is 11.1. The first-order chi connectivity index (χ1) is 8.52. The molecule has 0 aliphatic rings. The van der Waals surface area contributed by atoms with Gasteiger partial charge in [-0.3, -0.25) is 0 Å². The van der Waals surface area contributed by atoms with Crippen molar-refractivity contribution in [2.24, 2.45) is 10.7 Å². The molecule has 0 amide bonds. The molecule has 18 heavy (non-hydrogen) atoms. The highest BCUT2D eigenvalue weighted by Crippen LogP contribution is 2.02. The summed E-state index contributed by atoms with van der Waals surface area (Å²) >= 11 is 0. The van der Waals surface area contributed by atoms with Gasteiger partial charge in [-0.1, -0.05) is 31.4 Å². The van der Waals surface area contributed by atoms with Crippen LogP contribution in [0.15, 0.2) is 17.1 Å². The Morgan fingerprint density at radius 1 is 1.17 bits per heavy atom. The summed E-state index contributed by atoms with van der Waals surface area (Å²) in [6.45, 7) is 8.46. The summed E-state index contributed by atoms with van der Waals surface area (Å²) in [7, 11) is 4.24. The number of hydrogen-bond donors (Lipinski definition) is 2. The average molecular weight is 254 g/mol. The molecule has 0 unspecified atom stereocenters. The van der Waals surface area contributed by atoms with E-state index >= 15 is 0 Å². The minimum Gasteiger partial charge on any atom is -0.370 e. The van der Waals surface area contributed by atoms with Crippen molar-refractivity contribution in [2.75, 3.05) is 33.7 Å². The van der Waals surface area contributed by atoms with E-state index in [1.807, 2.05) is 6.92 Å². The predicted molar refractivity (Wildman–Crippen MR) is 80.9 cm³/mol. The molecule has 106 valence electrons. The van der Waals surface area contributed by atoms with E-state index in [0.29, 0.717) is 12.5 Å². The number of hydrogen-bond acceptors (Lipinski definition) is 2. The molecular weight excluding hydrogens is 224 g/mol. The fraction of sp³-hybridized carbons (Fsp3) is 0.786. The lowest BCUT2D eigenvalue weighted by Gasteiger charge is -2.09. The van der Waals surface area contributed by atoms with Crippen molar-refractivity contribution in [3.63, 3.8) is 0 Å². The lowest BCUT2D eigenvalue weighted by Crippen LogP contribution is -2.32. The molecule has 0 fully saturated rings. The van der Waals surface area contributed by atoms with Gasteiger partial charge in [0.1, 0.15) is 0 Å². The maximum atomic E-state index is 5.71. The number of nitrogens with zero attached hydrogens (tertiary/aromatic N) is 2. The van der Waals surface area contributed by atoms with Crippen molar-refractivity contribution in [3.8, 4) is 0 Å². The van der Waals surface area contributed by atoms with Crippen molar-refractivity contribution in [1.29, 1.82) is 0 Å². The minimum absolute atomic E-state index is 0.533. The predicted octanol–water partition coefficient (Wildman–Crippen LogP) is 1.98. The summed E-state index contributed by atoms with van der Waals surface area (Å²) in [6, 6.07) is 0. The Labute approximate surface area is 112 Å². The van der Waals surface area contributed by atoms with Gasteiger partial charge in [0, 0.05) is 6.54 Å². The molecular formula is C14H30N4. The van der Waals surface area contributed by atoms with Gasteiger partial charge in [-0.2, -0.15) is 0 Å². The first-order valence-electron chi connectivity index (χ1n) is 6.85. The Balaban J connectivity index is 3.29. The van der Waals surface area contributed by atoms with Crippen molar-refractivity contribution < 1.29 is 0 Å². The molecule has 0 saturated carbocycles. The second-order valence-electron chi connectivity index (χ2n) is 5.16. The molecule has 0 aromatic rings. The first kappa shape index (κ1) is 17.0. The highest BCUT2D eigenvalue weighted by atomic mass is 15.1. The zero-order valence-electron chi connectivity index (χ0n) is 12.3. The summed E-state index contributed by atoms with van der Waals surface area (Å²) in [6.07, 6.45) is 6.33. The molecule has 0 radical (unpaired) electrons. The topological polar surface area (TPSA) is 53.6 Å². The summed E-state index contributed by atoms with van der Waals surface area (Å²) in [5.41, 5.74) is 6.74.